The van der Waals surface area contributed by atoms with Crippen LogP contribution in [-0.4, -0.2) is 61.1 Å². The largest absolute Gasteiger partial charge is 0.505 e. The standard InChI is InChI=1S/C7H12O19P6/c8-27(9)1-2-3(19-28(10,11)12)5-7-6-4(2)20-29(13,14)24-31(17,22-6)26-32(18,23-7)25-30(15,16)21-5/h2-7H,1H2,(H4-,8,9,10,11,12,13,14,15,16)/p+1. The van der Waals surface area contributed by atoms with Crippen LogP contribution in [0.3, 0.4) is 0 Å². The van der Waals surface area contributed by atoms with Crippen LogP contribution in [0.2, 0.25) is 0 Å². The number of hydrogen-bond acceptors (Lipinski definition) is 14. The minimum Gasteiger partial charge on any atom is -0.303 e. The number of phosphoric ester groups is 3. The van der Waals surface area contributed by atoms with Crippen LogP contribution in [0.4, 0.5) is 0 Å². The van der Waals surface area contributed by atoms with E-state index in [9.17, 15) is 51.9 Å². The van der Waals surface area contributed by atoms with E-state index in [1.807, 2.05) is 0 Å². The summed E-state index contributed by atoms with van der Waals surface area (Å²) >= 11 is 0. The average molecular weight is 587 g/mol. The van der Waals surface area contributed by atoms with Gasteiger partial charge in [0.25, 0.3) is 0 Å². The second-order valence-corrected chi connectivity index (χ2v) is 15.3. The quantitative estimate of drug-likeness (QED) is 0.285. The highest BCUT2D eigenvalue weighted by atomic mass is 31.3. The van der Waals surface area contributed by atoms with Crippen molar-refractivity contribution in [3.63, 3.8) is 0 Å². The van der Waals surface area contributed by atoms with Crippen molar-refractivity contribution in [2.75, 3.05) is 6.16 Å². The van der Waals surface area contributed by atoms with Crippen molar-refractivity contribution >= 4 is 47.1 Å². The maximum atomic E-state index is 12.8. The van der Waals surface area contributed by atoms with E-state index >= 15 is 0 Å². The summed E-state index contributed by atoms with van der Waals surface area (Å²) in [7, 11) is -30.5. The number of phosphoric acid groups is 5. The van der Waals surface area contributed by atoms with Gasteiger partial charge in [-0.15, -0.1) is 0 Å². The lowest BCUT2D eigenvalue weighted by Gasteiger charge is -2.45. The van der Waals surface area contributed by atoms with Crippen LogP contribution in [0.15, 0.2) is 0 Å². The third-order valence-electron chi connectivity index (χ3n) is 4.38. The van der Waals surface area contributed by atoms with E-state index in [4.69, 9.17) is 18.1 Å². The van der Waals surface area contributed by atoms with E-state index in [1.165, 1.54) is 0 Å². The van der Waals surface area contributed by atoms with Crippen LogP contribution in [0, 0.1) is 5.92 Å². The van der Waals surface area contributed by atoms with Crippen molar-refractivity contribution in [2.45, 2.75) is 30.5 Å². The van der Waals surface area contributed by atoms with Crippen LogP contribution < -0.4 is 0 Å². The molecule has 0 radical (unpaired) electrons. The lowest BCUT2D eigenvalue weighted by Crippen LogP contribution is -2.63. The first-order valence-electron chi connectivity index (χ1n) is 8.01. The molecule has 4 bridgehead atoms. The van der Waals surface area contributed by atoms with E-state index in [0.29, 0.717) is 0 Å². The Morgan fingerprint density at radius 2 is 1.28 bits per heavy atom. The molecule has 1 aliphatic carbocycles. The Kier molecular flexibility index (Phi) is 6.55. The Balaban J connectivity index is 1.95. The van der Waals surface area contributed by atoms with Gasteiger partial charge in [0, 0.05) is 0 Å². The summed E-state index contributed by atoms with van der Waals surface area (Å²) in [5.41, 5.74) is 0. The van der Waals surface area contributed by atoms with Gasteiger partial charge < -0.3 is 19.6 Å². The van der Waals surface area contributed by atoms with E-state index < -0.39 is 89.7 Å². The van der Waals surface area contributed by atoms with Crippen LogP contribution >= 0.6 is 47.1 Å². The molecule has 11 atom stereocenters. The first-order chi connectivity index (χ1) is 14.4. The number of rotatable bonds is 4. The molecule has 3 aliphatic heterocycles. The molecule has 32 heavy (non-hydrogen) atoms. The Labute approximate surface area is 177 Å². The third-order valence-corrected chi connectivity index (χ3v) is 12.5. The lowest BCUT2D eigenvalue weighted by atomic mass is 9.79. The molecule has 3 heterocycles. The first kappa shape index (κ1) is 25.8. The van der Waals surface area contributed by atoms with Crippen LogP contribution in [0.25, 0.3) is 0 Å². The fourth-order valence-corrected chi connectivity index (χ4v) is 11.8. The smallest absolute Gasteiger partial charge is 0.303 e. The summed E-state index contributed by atoms with van der Waals surface area (Å²) in [6, 6.07) is 0. The molecular formula is C7H13O19P6+. The van der Waals surface area contributed by atoms with E-state index in [2.05, 4.69) is 17.5 Å². The molecule has 0 spiro atoms. The zero-order valence-corrected chi connectivity index (χ0v) is 20.2. The summed E-state index contributed by atoms with van der Waals surface area (Å²) in [6.45, 7) is 0. The van der Waals surface area contributed by atoms with Gasteiger partial charge in [-0.05, 0) is 4.57 Å². The van der Waals surface area contributed by atoms with Gasteiger partial charge in [-0.2, -0.15) is 17.8 Å². The molecule has 1 saturated carbocycles. The van der Waals surface area contributed by atoms with E-state index in [0.717, 1.165) is 0 Å². The predicted molar refractivity (Wildman–Crippen MR) is 92.7 cm³/mol. The topological polar surface area (TPSA) is 277 Å². The molecule has 0 amide bonds. The highest BCUT2D eigenvalue weighted by Crippen LogP contribution is 2.81. The second kappa shape index (κ2) is 8.12. The maximum Gasteiger partial charge on any atom is 0.505 e. The lowest BCUT2D eigenvalue weighted by molar-refractivity contribution is -0.163. The third kappa shape index (κ3) is 5.28. The Bertz CT molecular complexity index is 1060. The maximum absolute atomic E-state index is 12.8. The first-order valence-corrected chi connectivity index (χ1v) is 16.8. The van der Waals surface area contributed by atoms with Gasteiger partial charge >= 0.3 is 47.1 Å². The zero-order valence-electron chi connectivity index (χ0n) is 14.8. The molecule has 0 aromatic carbocycles. The van der Waals surface area contributed by atoms with Gasteiger partial charge in [0.15, 0.2) is 6.16 Å². The molecule has 5 N–H and O–H groups in total. The van der Waals surface area contributed by atoms with Crippen LogP contribution in [0.5, 0.6) is 0 Å². The fraction of sp³-hybridized carbons (Fsp3) is 1.00. The molecule has 0 aromatic heterocycles. The van der Waals surface area contributed by atoms with Crippen molar-refractivity contribution in [2.24, 2.45) is 5.92 Å². The molecule has 4 rings (SSSR count). The Morgan fingerprint density at radius 1 is 0.812 bits per heavy atom. The minimum atomic E-state index is -5.50. The van der Waals surface area contributed by atoms with Gasteiger partial charge in [0.1, 0.15) is 30.5 Å². The molecule has 11 unspecified atom stereocenters. The van der Waals surface area contributed by atoms with Crippen molar-refractivity contribution in [1.29, 1.82) is 0 Å². The molecule has 0 aromatic rings. The molecule has 25 heteroatoms. The van der Waals surface area contributed by atoms with Crippen LogP contribution in [-0.2, 0) is 62.9 Å². The van der Waals surface area contributed by atoms with Crippen molar-refractivity contribution in [3.05, 3.63) is 0 Å². The normalized spacial score (nSPS) is 53.7. The van der Waals surface area contributed by atoms with Crippen LogP contribution in [0.1, 0.15) is 0 Å². The minimum absolute atomic E-state index is 0.976. The zero-order chi connectivity index (χ0) is 23.9. The molecule has 184 valence electrons. The highest BCUT2D eigenvalue weighted by molar-refractivity contribution is 7.70. The molecule has 3 saturated heterocycles. The molecule has 4 aliphatic rings. The van der Waals surface area contributed by atoms with E-state index in [-0.39, 0.29) is 0 Å². The number of hydrogen-bond donors (Lipinski definition) is 5. The summed E-state index contributed by atoms with van der Waals surface area (Å²) in [5, 5.41) is 0. The van der Waals surface area contributed by atoms with Gasteiger partial charge in [0.05, 0.1) is 5.92 Å². The summed E-state index contributed by atoms with van der Waals surface area (Å²) < 4.78 is 111. The Morgan fingerprint density at radius 3 is 1.75 bits per heavy atom. The van der Waals surface area contributed by atoms with E-state index in [1.54, 1.807) is 0 Å². The summed E-state index contributed by atoms with van der Waals surface area (Å²) in [4.78, 5) is 47.8. The van der Waals surface area contributed by atoms with Gasteiger partial charge in [-0.1, -0.05) is 0 Å². The van der Waals surface area contributed by atoms with Gasteiger partial charge in [-0.25, -0.2) is 22.8 Å². The SMILES string of the molecule is O=[P+](O)CC1C(OP(=O)(O)O)C2OP(=O)(O)OP3(=O)OC2C2OP(=O)(OP(=O)(O)OC12)O3. The van der Waals surface area contributed by atoms with Crippen molar-refractivity contribution < 1.29 is 87.4 Å². The molecule has 19 nitrogen and oxygen atoms in total. The molecule has 4 fully saturated rings. The summed E-state index contributed by atoms with van der Waals surface area (Å²) in [5.74, 6) is -1.82. The molecular weight excluding hydrogens is 574 g/mol. The van der Waals surface area contributed by atoms with Crippen molar-refractivity contribution in [3.8, 4) is 0 Å². The Hall–Kier alpha value is 0.730. The highest BCUT2D eigenvalue weighted by Gasteiger charge is 2.70. The second-order valence-electron chi connectivity index (χ2n) is 6.62. The van der Waals surface area contributed by atoms with Crippen molar-refractivity contribution in [1.82, 2.24) is 0 Å². The monoisotopic (exact) mass is 587 g/mol. The fourth-order valence-electron chi connectivity index (χ4n) is 3.54. The van der Waals surface area contributed by atoms with Gasteiger partial charge in [0.2, 0.25) is 0 Å². The van der Waals surface area contributed by atoms with Gasteiger partial charge in [-0.3, -0.25) is 22.6 Å². The summed E-state index contributed by atoms with van der Waals surface area (Å²) in [6.07, 6.45) is -11.4. The predicted octanol–water partition coefficient (Wildman–Crippen LogP) is 0.877. The number of fused-ring (bicyclic) bond motifs is 2. The average Bonchev–Trinajstić information content (AvgIpc) is 2.76.